The molecule has 7 heteroatoms. The van der Waals surface area contributed by atoms with E-state index in [9.17, 15) is 18.7 Å². The number of aliphatic hydroxyl groups excluding tert-OH is 1. The number of ether oxygens (including phenoxy) is 1. The number of alkyl halides is 3. The van der Waals surface area contributed by atoms with Gasteiger partial charge in [-0.1, -0.05) is 60.7 Å². The fourth-order valence-electron chi connectivity index (χ4n) is 4.38. The summed E-state index contributed by atoms with van der Waals surface area (Å²) in [6.45, 7) is 0.422. The number of rotatable bonds is 4. The van der Waals surface area contributed by atoms with Crippen molar-refractivity contribution >= 4 is 17.5 Å². The number of carbonyl (C=O) groups is 1. The minimum atomic E-state index is -3.99. The third-order valence-corrected chi connectivity index (χ3v) is 5.81. The van der Waals surface area contributed by atoms with Gasteiger partial charge in [0, 0.05) is 6.54 Å². The quantitative estimate of drug-likeness (QED) is 0.789. The van der Waals surface area contributed by atoms with E-state index >= 15 is 0 Å². The first-order chi connectivity index (χ1) is 13.4. The molecule has 2 aliphatic rings. The van der Waals surface area contributed by atoms with Crippen molar-refractivity contribution in [1.29, 1.82) is 0 Å². The number of amides is 1. The third-order valence-electron chi connectivity index (χ3n) is 5.59. The Hall–Kier alpha value is -2.02. The molecular formula is C21H20ClF2NO3. The Morgan fingerprint density at radius 1 is 1.11 bits per heavy atom. The number of fused-ring (bicyclic) bond motifs is 1. The smallest absolute Gasteiger partial charge is 0.350 e. The molecule has 1 amide bonds. The summed E-state index contributed by atoms with van der Waals surface area (Å²) in [5.41, 5.74) is 0.294. The first-order valence-corrected chi connectivity index (χ1v) is 9.57. The van der Waals surface area contributed by atoms with Crippen LogP contribution in [0.3, 0.4) is 0 Å². The molecule has 0 bridgehead atoms. The lowest BCUT2D eigenvalue weighted by Crippen LogP contribution is -2.65. The Morgan fingerprint density at radius 3 is 2.14 bits per heavy atom. The summed E-state index contributed by atoms with van der Waals surface area (Å²) in [6, 6.07) is 18.1. The Morgan fingerprint density at radius 2 is 1.64 bits per heavy atom. The largest absolute Gasteiger partial charge is 0.382 e. The molecule has 0 spiro atoms. The van der Waals surface area contributed by atoms with Crippen molar-refractivity contribution in [3.63, 3.8) is 0 Å². The molecule has 148 valence electrons. The highest BCUT2D eigenvalue weighted by Gasteiger charge is 2.60. The zero-order chi connectivity index (χ0) is 19.9. The van der Waals surface area contributed by atoms with Crippen molar-refractivity contribution < 1.29 is 23.4 Å². The summed E-state index contributed by atoms with van der Waals surface area (Å²) in [5.74, 6) is -0.655. The van der Waals surface area contributed by atoms with Crippen LogP contribution < -0.4 is 0 Å². The van der Waals surface area contributed by atoms with E-state index in [4.69, 9.17) is 16.3 Å². The Kier molecular flexibility index (Phi) is 4.89. The number of benzene rings is 2. The van der Waals surface area contributed by atoms with Gasteiger partial charge in [-0.15, -0.1) is 0 Å². The maximum absolute atomic E-state index is 13.7. The fraction of sp³-hybridized carbons (Fsp3) is 0.381. The van der Waals surface area contributed by atoms with E-state index in [2.05, 4.69) is 0 Å². The second kappa shape index (κ2) is 7.10. The highest BCUT2D eigenvalue weighted by Crippen LogP contribution is 2.48. The summed E-state index contributed by atoms with van der Waals surface area (Å²) in [5, 5.41) is 6.18. The molecule has 0 unspecified atom stereocenters. The molecule has 2 aliphatic heterocycles. The van der Waals surface area contributed by atoms with Crippen LogP contribution in [-0.2, 0) is 15.1 Å². The van der Waals surface area contributed by atoms with Crippen LogP contribution in [0.4, 0.5) is 8.78 Å². The SMILES string of the molecule is O=C1[C@H]([C@@H](O)C(F)(F)Cl)OC(c2ccccc2)(c2ccccc2)[C@@H]2CCCN12. The second-order valence-corrected chi connectivity index (χ2v) is 7.69. The maximum Gasteiger partial charge on any atom is 0.350 e. The van der Waals surface area contributed by atoms with E-state index in [0.29, 0.717) is 13.0 Å². The first-order valence-electron chi connectivity index (χ1n) is 9.20. The van der Waals surface area contributed by atoms with Gasteiger partial charge in [0.15, 0.2) is 12.2 Å². The van der Waals surface area contributed by atoms with E-state index < -0.39 is 29.1 Å². The summed E-state index contributed by atoms with van der Waals surface area (Å²) < 4.78 is 33.6. The molecule has 4 nitrogen and oxygen atoms in total. The first kappa shape index (κ1) is 19.3. The molecule has 28 heavy (non-hydrogen) atoms. The van der Waals surface area contributed by atoms with Crippen LogP contribution in [0.5, 0.6) is 0 Å². The normalized spacial score (nSPS) is 25.4. The van der Waals surface area contributed by atoms with Crippen LogP contribution in [0, 0.1) is 0 Å². The van der Waals surface area contributed by atoms with Gasteiger partial charge in [-0.05, 0) is 35.6 Å². The fourth-order valence-corrected chi connectivity index (χ4v) is 4.49. The molecule has 0 aromatic heterocycles. The lowest BCUT2D eigenvalue weighted by atomic mass is 9.77. The molecule has 2 saturated heterocycles. The number of carbonyl (C=O) groups excluding carboxylic acids is 1. The van der Waals surface area contributed by atoms with Crippen molar-refractivity contribution in [2.24, 2.45) is 0 Å². The summed E-state index contributed by atoms with van der Waals surface area (Å²) in [6.07, 6.45) is -2.85. The average molecular weight is 408 g/mol. The van der Waals surface area contributed by atoms with E-state index in [0.717, 1.165) is 17.5 Å². The Balaban J connectivity index is 1.92. The number of aliphatic hydroxyl groups is 1. The molecule has 2 heterocycles. The predicted octanol–water partition coefficient (Wildman–Crippen LogP) is 3.51. The minimum Gasteiger partial charge on any atom is -0.382 e. The highest BCUT2D eigenvalue weighted by atomic mass is 35.5. The van der Waals surface area contributed by atoms with Gasteiger partial charge in [-0.3, -0.25) is 4.79 Å². The molecule has 4 rings (SSSR count). The monoisotopic (exact) mass is 407 g/mol. The summed E-state index contributed by atoms with van der Waals surface area (Å²) in [7, 11) is 0. The van der Waals surface area contributed by atoms with Crippen molar-refractivity contribution in [3.8, 4) is 0 Å². The number of nitrogens with zero attached hydrogens (tertiary/aromatic N) is 1. The second-order valence-electron chi connectivity index (χ2n) is 7.18. The maximum atomic E-state index is 13.7. The zero-order valence-corrected chi connectivity index (χ0v) is 15.7. The van der Waals surface area contributed by atoms with Crippen LogP contribution in [0.25, 0.3) is 0 Å². The topological polar surface area (TPSA) is 49.8 Å². The van der Waals surface area contributed by atoms with Crippen LogP contribution in [-0.4, -0.2) is 46.1 Å². The lowest BCUT2D eigenvalue weighted by molar-refractivity contribution is -0.219. The average Bonchev–Trinajstić information content (AvgIpc) is 3.20. The molecule has 2 aromatic rings. The summed E-state index contributed by atoms with van der Waals surface area (Å²) in [4.78, 5) is 14.5. The van der Waals surface area contributed by atoms with Gasteiger partial charge in [0.1, 0.15) is 5.60 Å². The third kappa shape index (κ3) is 3.00. The van der Waals surface area contributed by atoms with Gasteiger partial charge in [0.25, 0.3) is 5.91 Å². The minimum absolute atomic E-state index is 0.364. The molecule has 0 saturated carbocycles. The lowest BCUT2D eigenvalue weighted by Gasteiger charge is -2.51. The standard InChI is InChI=1S/C21H20ClF2NO3/c22-21(23,24)18(26)17-19(27)25-13-7-12-16(25)20(28-17,14-8-3-1-4-9-14)15-10-5-2-6-11-15/h1-6,8-11,16-18,26H,7,12-13H2/t16-,17-,18+/m0/s1. The van der Waals surface area contributed by atoms with Gasteiger partial charge in [-0.25, -0.2) is 0 Å². The molecule has 3 atom stereocenters. The van der Waals surface area contributed by atoms with Gasteiger partial charge in [0.05, 0.1) is 6.04 Å². The van der Waals surface area contributed by atoms with Crippen LogP contribution in [0.1, 0.15) is 24.0 Å². The van der Waals surface area contributed by atoms with Crippen LogP contribution in [0.2, 0.25) is 0 Å². The van der Waals surface area contributed by atoms with Crippen LogP contribution in [0.15, 0.2) is 60.7 Å². The van der Waals surface area contributed by atoms with Gasteiger partial charge in [0.2, 0.25) is 0 Å². The molecule has 1 N–H and O–H groups in total. The van der Waals surface area contributed by atoms with Crippen molar-refractivity contribution in [3.05, 3.63) is 71.8 Å². The van der Waals surface area contributed by atoms with E-state index in [-0.39, 0.29) is 6.04 Å². The molecule has 0 radical (unpaired) electrons. The Labute approximate surface area is 166 Å². The van der Waals surface area contributed by atoms with Gasteiger partial charge >= 0.3 is 5.38 Å². The van der Waals surface area contributed by atoms with Crippen molar-refractivity contribution in [1.82, 2.24) is 4.90 Å². The summed E-state index contributed by atoms with van der Waals surface area (Å²) >= 11 is 5.08. The van der Waals surface area contributed by atoms with E-state index in [1.807, 2.05) is 60.7 Å². The van der Waals surface area contributed by atoms with Gasteiger partial charge in [-0.2, -0.15) is 8.78 Å². The molecule has 0 aliphatic carbocycles. The zero-order valence-electron chi connectivity index (χ0n) is 15.0. The van der Waals surface area contributed by atoms with Crippen molar-refractivity contribution in [2.45, 2.75) is 42.1 Å². The van der Waals surface area contributed by atoms with E-state index in [1.54, 1.807) is 4.90 Å². The number of hydrogen-bond acceptors (Lipinski definition) is 3. The predicted molar refractivity (Wildman–Crippen MR) is 100 cm³/mol. The molecule has 2 aromatic carbocycles. The Bertz CT molecular complexity index is 804. The number of halogens is 3. The highest BCUT2D eigenvalue weighted by molar-refractivity contribution is 6.22. The molecular weight excluding hydrogens is 388 g/mol. The molecule has 2 fully saturated rings. The van der Waals surface area contributed by atoms with Crippen molar-refractivity contribution in [2.75, 3.05) is 6.54 Å². The number of morpholine rings is 1. The van der Waals surface area contributed by atoms with Gasteiger partial charge < -0.3 is 14.7 Å². The number of hydrogen-bond donors (Lipinski definition) is 1. The van der Waals surface area contributed by atoms with E-state index in [1.165, 1.54) is 0 Å². The van der Waals surface area contributed by atoms with Crippen LogP contribution >= 0.6 is 11.6 Å².